The summed E-state index contributed by atoms with van der Waals surface area (Å²) in [7, 11) is 0. The largest absolute Gasteiger partial charge is 0.480 e. The predicted octanol–water partition coefficient (Wildman–Crippen LogP) is 12.3. The summed E-state index contributed by atoms with van der Waals surface area (Å²) >= 11 is 0. The molecule has 8 nitrogen and oxygen atoms in total. The molecule has 4 saturated carbocycles. The van der Waals surface area contributed by atoms with Crippen molar-refractivity contribution in [3.8, 4) is 0 Å². The molecule has 368 valence electrons. The maximum absolute atomic E-state index is 14.6. The smallest absolute Gasteiger partial charge is 0.326 e. The van der Waals surface area contributed by atoms with E-state index in [-0.39, 0.29) is 45.8 Å². The fourth-order valence-corrected chi connectivity index (χ4v) is 14.2. The summed E-state index contributed by atoms with van der Waals surface area (Å²) in [5.74, 6) is 0.637. The van der Waals surface area contributed by atoms with E-state index in [1.807, 2.05) is 12.2 Å². The number of hydrogen-bond donors (Lipinski definition) is 5. The zero-order valence-electron chi connectivity index (χ0n) is 42.3. The first-order chi connectivity index (χ1) is 31.4. The molecule has 5 aliphatic carbocycles. The Morgan fingerprint density at radius 2 is 1.35 bits per heavy atom. The van der Waals surface area contributed by atoms with Gasteiger partial charge in [-0.05, 0) is 167 Å². The number of unbranched alkanes of at least 4 members (excludes halogenated alkanes) is 1. The van der Waals surface area contributed by atoms with Gasteiger partial charge >= 0.3 is 5.97 Å². The molecule has 0 heterocycles. The molecular formula is C58H90N2O6. The van der Waals surface area contributed by atoms with E-state index in [2.05, 4.69) is 133 Å². The highest BCUT2D eigenvalue weighted by molar-refractivity contribution is 5.84. The summed E-state index contributed by atoms with van der Waals surface area (Å²) in [6.45, 7) is 19.1. The van der Waals surface area contributed by atoms with Gasteiger partial charge in [-0.1, -0.05) is 140 Å². The van der Waals surface area contributed by atoms with Gasteiger partial charge in [0.25, 0.3) is 0 Å². The Hall–Kier alpha value is -3.49. The van der Waals surface area contributed by atoms with Crippen molar-refractivity contribution in [2.45, 2.75) is 196 Å². The van der Waals surface area contributed by atoms with Crippen LogP contribution in [0.3, 0.4) is 0 Å². The molecule has 0 aliphatic heterocycles. The molecule has 5 aliphatic rings. The highest BCUT2D eigenvalue weighted by atomic mass is 16.4. The SMILES string of the molecule is CC/C=C\C/C=C\C/C=C\C/C=C\C/C=C\C/C=C\CCC(=O)NC(CCCCNC(=O)[C@]12CC[C@@H](C)[C@H](C)[C@H]1C1=CC[C@@H]3[C@@]4(C)C[C@@H](O)[C@H](O)C(C)(C)[C@@H]4CC[C@@]3(C)[C@]1(C)CC2)C(=O)O. The zero-order chi connectivity index (χ0) is 48.2. The summed E-state index contributed by atoms with van der Waals surface area (Å²) in [6.07, 6.45) is 42.4. The van der Waals surface area contributed by atoms with Gasteiger partial charge in [-0.15, -0.1) is 0 Å². The van der Waals surface area contributed by atoms with E-state index in [1.54, 1.807) is 0 Å². The van der Waals surface area contributed by atoms with Crippen LogP contribution in [0.1, 0.15) is 177 Å². The lowest BCUT2D eigenvalue weighted by Gasteiger charge is -2.71. The number of fused-ring (bicyclic) bond motifs is 7. The third-order valence-corrected chi connectivity index (χ3v) is 18.4. The topological polar surface area (TPSA) is 136 Å². The van der Waals surface area contributed by atoms with Crippen molar-refractivity contribution in [2.75, 3.05) is 6.54 Å². The number of nitrogens with one attached hydrogen (secondary N) is 2. The van der Waals surface area contributed by atoms with Crippen molar-refractivity contribution < 1.29 is 29.7 Å². The number of carbonyl (C=O) groups is 3. The molecule has 0 bridgehead atoms. The van der Waals surface area contributed by atoms with Crippen LogP contribution in [0.25, 0.3) is 0 Å². The molecule has 0 aromatic rings. The second-order valence-electron chi connectivity index (χ2n) is 22.5. The molecule has 12 atom stereocenters. The van der Waals surface area contributed by atoms with E-state index >= 15 is 0 Å². The van der Waals surface area contributed by atoms with Gasteiger partial charge in [0.15, 0.2) is 0 Å². The number of hydrogen-bond acceptors (Lipinski definition) is 5. The Morgan fingerprint density at radius 3 is 1.94 bits per heavy atom. The van der Waals surface area contributed by atoms with E-state index in [1.165, 1.54) is 5.57 Å². The first-order valence-corrected chi connectivity index (χ1v) is 26.2. The third-order valence-electron chi connectivity index (χ3n) is 18.4. The summed E-state index contributed by atoms with van der Waals surface area (Å²) in [6, 6.07) is -0.952. The number of carboxylic acid groups (broad SMARTS) is 1. The van der Waals surface area contributed by atoms with E-state index in [9.17, 15) is 29.7 Å². The normalized spacial score (nSPS) is 35.8. The van der Waals surface area contributed by atoms with Crippen LogP contribution in [0.5, 0.6) is 0 Å². The van der Waals surface area contributed by atoms with Gasteiger partial charge in [-0.3, -0.25) is 9.59 Å². The van der Waals surface area contributed by atoms with Crippen LogP contribution in [-0.2, 0) is 14.4 Å². The van der Waals surface area contributed by atoms with Crippen molar-refractivity contribution in [2.24, 2.45) is 56.7 Å². The van der Waals surface area contributed by atoms with Crippen LogP contribution in [0.4, 0.5) is 0 Å². The molecule has 5 rings (SSSR count). The minimum Gasteiger partial charge on any atom is -0.480 e. The zero-order valence-corrected chi connectivity index (χ0v) is 42.3. The lowest BCUT2D eigenvalue weighted by Crippen LogP contribution is -2.67. The monoisotopic (exact) mass is 911 g/mol. The van der Waals surface area contributed by atoms with Crippen molar-refractivity contribution in [1.82, 2.24) is 10.6 Å². The number of allylic oxidation sites excluding steroid dienone is 14. The molecule has 1 unspecified atom stereocenters. The number of aliphatic hydroxyl groups excluding tert-OH is 2. The maximum Gasteiger partial charge on any atom is 0.326 e. The Morgan fingerprint density at radius 1 is 0.758 bits per heavy atom. The van der Waals surface area contributed by atoms with Crippen molar-refractivity contribution >= 4 is 17.8 Å². The van der Waals surface area contributed by atoms with Gasteiger partial charge in [0.2, 0.25) is 11.8 Å². The molecule has 0 aromatic heterocycles. The van der Waals surface area contributed by atoms with Crippen LogP contribution < -0.4 is 10.6 Å². The molecule has 5 N–H and O–H groups in total. The molecule has 66 heavy (non-hydrogen) atoms. The Labute approximate surface area is 400 Å². The van der Waals surface area contributed by atoms with Crippen LogP contribution in [0, 0.1) is 56.7 Å². The van der Waals surface area contributed by atoms with Crippen molar-refractivity contribution in [3.63, 3.8) is 0 Å². The average molecular weight is 911 g/mol. The predicted molar refractivity (Wildman–Crippen MR) is 270 cm³/mol. The van der Waals surface area contributed by atoms with E-state index < -0.39 is 29.6 Å². The number of rotatable bonds is 22. The summed E-state index contributed by atoms with van der Waals surface area (Å²) < 4.78 is 0. The van der Waals surface area contributed by atoms with E-state index in [4.69, 9.17) is 0 Å². The van der Waals surface area contributed by atoms with Crippen molar-refractivity contribution in [3.05, 3.63) is 84.6 Å². The quantitative estimate of drug-likeness (QED) is 0.0542. The molecule has 8 heteroatoms. The summed E-state index contributed by atoms with van der Waals surface area (Å²) in [5.41, 5.74) is 0.558. The average Bonchev–Trinajstić information content (AvgIpc) is 3.27. The summed E-state index contributed by atoms with van der Waals surface area (Å²) in [4.78, 5) is 39.5. The summed E-state index contributed by atoms with van der Waals surface area (Å²) in [5, 5.41) is 38.4. The molecule has 0 radical (unpaired) electrons. The Bertz CT molecular complexity index is 1860. The highest BCUT2D eigenvalue weighted by Crippen LogP contribution is 2.75. The second kappa shape index (κ2) is 23.7. The van der Waals surface area contributed by atoms with Crippen LogP contribution >= 0.6 is 0 Å². The number of carbonyl (C=O) groups excluding carboxylic acids is 2. The van der Waals surface area contributed by atoms with Gasteiger partial charge in [0.05, 0.1) is 17.6 Å². The third kappa shape index (κ3) is 11.7. The number of aliphatic hydroxyl groups is 2. The molecular weight excluding hydrogens is 821 g/mol. The number of amides is 2. The molecule has 0 spiro atoms. The van der Waals surface area contributed by atoms with E-state index in [0.717, 1.165) is 83.5 Å². The second-order valence-corrected chi connectivity index (χ2v) is 22.5. The van der Waals surface area contributed by atoms with E-state index in [0.29, 0.717) is 62.3 Å². The Kier molecular flexibility index (Phi) is 19.2. The minimum atomic E-state index is -1.03. The van der Waals surface area contributed by atoms with Crippen LogP contribution in [0.15, 0.2) is 84.6 Å². The van der Waals surface area contributed by atoms with Crippen LogP contribution in [-0.4, -0.2) is 57.9 Å². The fraction of sp³-hybridized carbons (Fsp3) is 0.707. The minimum absolute atomic E-state index is 0.0215. The molecule has 4 fully saturated rings. The van der Waals surface area contributed by atoms with Gasteiger partial charge in [-0.25, -0.2) is 4.79 Å². The van der Waals surface area contributed by atoms with Gasteiger partial charge in [0, 0.05) is 13.0 Å². The molecule has 2 amide bonds. The highest BCUT2D eigenvalue weighted by Gasteiger charge is 2.70. The van der Waals surface area contributed by atoms with Crippen LogP contribution in [0.2, 0.25) is 0 Å². The van der Waals surface area contributed by atoms with Crippen molar-refractivity contribution in [1.29, 1.82) is 0 Å². The van der Waals surface area contributed by atoms with Gasteiger partial charge in [0.1, 0.15) is 6.04 Å². The van der Waals surface area contributed by atoms with Gasteiger partial charge < -0.3 is 26.0 Å². The molecule has 0 saturated heterocycles. The Balaban J connectivity index is 1.06. The number of carboxylic acids is 1. The van der Waals surface area contributed by atoms with Gasteiger partial charge in [-0.2, -0.15) is 0 Å². The molecule has 0 aromatic carbocycles. The first kappa shape index (κ1) is 53.5. The maximum atomic E-state index is 14.6. The number of aliphatic carboxylic acids is 1. The lowest BCUT2D eigenvalue weighted by atomic mass is 9.33. The first-order valence-electron chi connectivity index (χ1n) is 26.2. The standard InChI is InChI=1S/C58H90N2O6/c1-9-10-11-12-13-14-15-16-17-18-19-20-21-22-23-24-25-26-27-31-49(62)60-45(52(64)65)30-28-29-40-59-53(66)58-37-34-42(2)43(3)50(58)44-32-33-48-55(6)41-46(61)51(63)54(4,5)47(55)35-36-57(48,8)56(44,7)38-39-58/h10-11,13-14,16-17,19-20,22-23,25-26,32,42-43,45-48,50-51,61,63H,9,12,15,18,21,24,27-31,33-41H2,1-8H3,(H,59,66)(H,60,62)(H,64,65)/b11-10-,14-13-,17-16-,20-19-,23-22-,26-25-/t42-,43+,45?,46-,47+,48-,50+,51+,55+,56-,57-,58+/m1/s1. The lowest BCUT2D eigenvalue weighted by molar-refractivity contribution is -0.231. The fourth-order valence-electron chi connectivity index (χ4n) is 14.2.